The Morgan fingerprint density at radius 3 is 1.07 bits per heavy atom. The quantitative estimate of drug-likeness (QED) is 0.0224. The molecule has 0 heterocycles. The number of rotatable bonds is 37. The minimum atomic E-state index is -2.48. The van der Waals surface area contributed by atoms with Crippen molar-refractivity contribution in [1.29, 1.82) is 0 Å². The fourth-order valence-corrected chi connectivity index (χ4v) is 67.0. The summed E-state index contributed by atoms with van der Waals surface area (Å²) in [7, 11) is -24.4. The van der Waals surface area contributed by atoms with E-state index in [1.165, 1.54) is 30.6 Å². The zero-order valence-corrected chi connectivity index (χ0v) is 84.2. The Kier molecular flexibility index (Phi) is 55.8. The van der Waals surface area contributed by atoms with Gasteiger partial charge in [0, 0.05) is 12.6 Å². The molecule has 0 aliphatic rings. The summed E-state index contributed by atoms with van der Waals surface area (Å²) in [6, 6.07) is 6.32. The Balaban J connectivity index is -0.000000185. The predicted octanol–water partition coefficient (Wildman–Crippen LogP) is 19.4. The summed E-state index contributed by atoms with van der Waals surface area (Å²) in [5.41, 5.74) is 11.1. The lowest BCUT2D eigenvalue weighted by Crippen LogP contribution is -2.59. The van der Waals surface area contributed by atoms with E-state index in [9.17, 15) is 0 Å². The van der Waals surface area contributed by atoms with E-state index >= 15 is 0 Å². The smallest absolute Gasteiger partial charge is 0.321 e. The van der Waals surface area contributed by atoms with Crippen molar-refractivity contribution in [2.45, 2.75) is 340 Å². The van der Waals surface area contributed by atoms with Gasteiger partial charge >= 0.3 is 34.2 Å². The standard InChI is InChI=1S/C16H38N2OSi2.C10H29NO2Si3.C9H24O2Si2.C8H23NOSi2.C8H22OSi2.C6H18OSi2.C4H14O3Si2/c1-10-16(5)18(12-3)21(8,9)19-20(6,7)14-15(4)13-17-11-2;1-14(2,3)12-16(7,10-8-9-11)13-15(4,5)6;1-7-8-9-10-13(5,6)11-12(2,3)4;1-11(2,3)10-12(4,5)8-6-7-9;1-7-10(3,4)9-11(5,6)8-2;1-8(2,3)7-9(4,5)6;1-8(2,5)7-9(3,4)6/h10,15-17H,1,11-14H2,2-9H3;8-11H2,1-7H3;7-9H2,1-6H3;6-9H2,1-5H3;7-8H2,1-6H3;1-6H3;5-6H,1-4H3. The van der Waals surface area contributed by atoms with Gasteiger partial charge in [-0.1, -0.05) is 54.0 Å². The fraction of sp³-hybridized carbons (Fsp3) is 0.967. The average Bonchev–Trinajstić information content (AvgIpc) is 0.988. The van der Waals surface area contributed by atoms with Gasteiger partial charge in [-0.3, -0.25) is 4.57 Å². The first kappa shape index (κ1) is 107. The van der Waals surface area contributed by atoms with Crippen LogP contribution in [0.4, 0.5) is 0 Å². The number of likely N-dealkylation sites (N-methyl/N-ethyl adjacent to an activating group) is 1. The molecule has 0 aromatic carbocycles. The summed E-state index contributed by atoms with van der Waals surface area (Å²) in [6.45, 7) is 102. The third-order valence-electron chi connectivity index (χ3n) is 12.3. The number of nitrogens with one attached hydrogen (secondary N) is 1. The van der Waals surface area contributed by atoms with Crippen LogP contribution < -0.4 is 16.8 Å². The van der Waals surface area contributed by atoms with Gasteiger partial charge in [0.25, 0.3) is 8.48 Å². The first-order valence-electron chi connectivity index (χ1n) is 35.0. The van der Waals surface area contributed by atoms with E-state index in [0.717, 1.165) is 64.6 Å². The molecule has 15 nitrogen and oxygen atoms in total. The first-order valence-corrected chi connectivity index (χ1v) is 81.9. The summed E-state index contributed by atoms with van der Waals surface area (Å²) in [5.74, 6) is 0.684. The van der Waals surface area contributed by atoms with Crippen LogP contribution in [0, 0.1) is 5.92 Å². The van der Waals surface area contributed by atoms with E-state index in [4.69, 9.17) is 58.4 Å². The molecule has 2 atom stereocenters. The number of nitrogens with zero attached hydrogens (tertiary/aromatic N) is 1. The monoisotopic (exact) mass is 1550 g/mol. The lowest BCUT2D eigenvalue weighted by Gasteiger charge is -2.44. The van der Waals surface area contributed by atoms with Gasteiger partial charge in [0.15, 0.2) is 83.2 Å². The van der Waals surface area contributed by atoms with Crippen LogP contribution in [0.3, 0.4) is 0 Å². The topological polar surface area (TPSA) is 191 Å². The van der Waals surface area contributed by atoms with Crippen LogP contribution in [0.15, 0.2) is 12.7 Å². The van der Waals surface area contributed by atoms with Crippen LogP contribution in [0.25, 0.3) is 0 Å². The van der Waals surface area contributed by atoms with Crippen molar-refractivity contribution in [1.82, 2.24) is 9.88 Å². The molecule has 0 saturated carbocycles. The molecular formula is C61H168N4O11Si15. The summed E-state index contributed by atoms with van der Waals surface area (Å²) < 4.78 is 57.1. The van der Waals surface area contributed by atoms with Gasteiger partial charge < -0.3 is 63.7 Å². The maximum Gasteiger partial charge on any atom is 0.321 e. The van der Waals surface area contributed by atoms with Crippen LogP contribution in [0.2, 0.25) is 259 Å². The molecule has 0 radical (unpaired) electrons. The van der Waals surface area contributed by atoms with Crippen LogP contribution >= 0.6 is 0 Å². The van der Waals surface area contributed by atoms with Crippen molar-refractivity contribution in [3.63, 3.8) is 0 Å². The van der Waals surface area contributed by atoms with Crippen molar-refractivity contribution >= 4 is 126 Å². The second kappa shape index (κ2) is 47.6. The Labute approximate surface area is 587 Å². The highest BCUT2D eigenvalue weighted by Gasteiger charge is 2.41. The maximum atomic E-state index is 9.14. The highest BCUT2D eigenvalue weighted by atomic mass is 28.5. The summed E-state index contributed by atoms with van der Waals surface area (Å²) in [5, 5.41) is 3.45. The molecule has 0 fully saturated rings. The molecular weight excluding hydrogens is 1390 g/mol. The van der Waals surface area contributed by atoms with Gasteiger partial charge in [-0.25, -0.2) is 0 Å². The van der Waals surface area contributed by atoms with E-state index in [1.807, 2.05) is 6.08 Å². The second-order valence-corrected chi connectivity index (χ2v) is 98.4. The normalized spacial score (nSPS) is 14.3. The number of nitrogens with two attached hydrogens (primary N) is 2. The molecule has 2 unspecified atom stereocenters. The van der Waals surface area contributed by atoms with Crippen molar-refractivity contribution in [2.75, 3.05) is 39.3 Å². The van der Waals surface area contributed by atoms with Crippen molar-refractivity contribution in [3.8, 4) is 0 Å². The van der Waals surface area contributed by atoms with E-state index in [2.05, 4.69) is 268 Å². The van der Waals surface area contributed by atoms with Crippen molar-refractivity contribution in [3.05, 3.63) is 12.7 Å². The van der Waals surface area contributed by atoms with Gasteiger partial charge in [-0.05, 0) is 324 Å². The molecule has 558 valence electrons. The van der Waals surface area contributed by atoms with E-state index in [-0.39, 0.29) is 0 Å². The lowest BCUT2D eigenvalue weighted by atomic mass is 10.2. The van der Waals surface area contributed by atoms with Gasteiger partial charge in [-0.2, -0.15) is 0 Å². The molecule has 0 aromatic heterocycles. The zero-order valence-electron chi connectivity index (χ0n) is 69.2. The SMILES string of the molecule is C=CC(C)N(CC)[Si](C)(C)O[Si](C)(C)CC(C)CNCC.CCCCO[Si](C)(C)O[Si](C)(C)C.CC[Si](C)(C)O[Si](C)(C)CC.C[Si](C)(C)O[Si](C)(C)C.C[Si](C)(C)O[Si](C)(C)CCCN.C[Si](C)(C)O[Si](C)(CCCN)O[Si](C)(C)C.C[Si](C)(O)O[Si](C)(C)O. The zero-order chi connectivity index (χ0) is 74.6. The largest absolute Gasteiger partial charge is 0.456 e. The van der Waals surface area contributed by atoms with E-state index in [0.29, 0.717) is 12.0 Å². The predicted molar refractivity (Wildman–Crippen MR) is 448 cm³/mol. The average molecular weight is 1560 g/mol. The molecule has 0 aliphatic heterocycles. The molecule has 0 bridgehead atoms. The van der Waals surface area contributed by atoms with Crippen molar-refractivity contribution < 1.29 is 46.9 Å². The van der Waals surface area contributed by atoms with Crippen LogP contribution in [-0.2, 0) is 37.3 Å². The minimum absolute atomic E-state index is 0.389. The Morgan fingerprint density at radius 1 is 0.440 bits per heavy atom. The summed E-state index contributed by atoms with van der Waals surface area (Å²) >= 11 is 0. The maximum absolute atomic E-state index is 9.14. The molecule has 30 heteroatoms. The molecule has 0 spiro atoms. The molecule has 0 amide bonds. The van der Waals surface area contributed by atoms with Crippen LogP contribution in [0.5, 0.6) is 0 Å². The molecule has 0 aromatic rings. The minimum Gasteiger partial charge on any atom is -0.456 e. The molecule has 0 rings (SSSR count). The van der Waals surface area contributed by atoms with E-state index in [1.54, 1.807) is 26.2 Å². The molecule has 0 saturated heterocycles. The summed E-state index contributed by atoms with van der Waals surface area (Å²) in [4.78, 5) is 18.3. The first-order chi connectivity index (χ1) is 39.8. The number of hydrogen-bond donors (Lipinski definition) is 5. The Bertz CT molecular complexity index is 1720. The number of hydrogen-bond acceptors (Lipinski definition) is 15. The van der Waals surface area contributed by atoms with Gasteiger partial charge in [0.1, 0.15) is 0 Å². The molecule has 7 N–H and O–H groups in total. The van der Waals surface area contributed by atoms with Gasteiger partial charge in [0.05, 0.1) is 0 Å². The Hall–Kier alpha value is 2.39. The Morgan fingerprint density at radius 2 is 0.802 bits per heavy atom. The highest BCUT2D eigenvalue weighted by Crippen LogP contribution is 2.28. The molecule has 91 heavy (non-hydrogen) atoms. The van der Waals surface area contributed by atoms with Gasteiger partial charge in [-0.15, -0.1) is 6.58 Å². The summed E-state index contributed by atoms with van der Waals surface area (Å²) in [6.07, 6.45) is 6.49. The highest BCUT2D eigenvalue weighted by molar-refractivity contribution is 6.88. The van der Waals surface area contributed by atoms with Gasteiger partial charge in [0.2, 0.25) is 0 Å². The lowest BCUT2D eigenvalue weighted by molar-refractivity contribution is 0.241. The number of unbranched alkanes of at least 4 members (excludes halogenated alkanes) is 1. The van der Waals surface area contributed by atoms with E-state index < -0.39 is 126 Å². The third-order valence-corrected chi connectivity index (χ3v) is 58.2. The van der Waals surface area contributed by atoms with Crippen molar-refractivity contribution in [2.24, 2.45) is 17.4 Å². The third kappa shape index (κ3) is 83.0. The van der Waals surface area contributed by atoms with Crippen LogP contribution in [0.1, 0.15) is 74.1 Å². The van der Waals surface area contributed by atoms with Crippen LogP contribution in [-0.4, -0.2) is 185 Å². The fourth-order valence-electron chi connectivity index (χ4n) is 10.3. The molecule has 0 aliphatic carbocycles. The second-order valence-electron chi connectivity index (χ2n) is 35.0.